The molecule has 1 fully saturated rings. The minimum Gasteiger partial charge on any atom is -0.316 e. The lowest BCUT2D eigenvalue weighted by atomic mass is 9.96. The molecular formula is C14H21BrClFN2O2S. The zero-order valence-corrected chi connectivity index (χ0v) is 15.6. The summed E-state index contributed by atoms with van der Waals surface area (Å²) in [6.45, 7) is 3.99. The van der Waals surface area contributed by atoms with E-state index in [1.165, 1.54) is 12.1 Å². The molecule has 0 bridgehead atoms. The summed E-state index contributed by atoms with van der Waals surface area (Å²) in [4.78, 5) is 0.123. The van der Waals surface area contributed by atoms with Crippen molar-refractivity contribution in [3.8, 4) is 0 Å². The fourth-order valence-corrected chi connectivity index (χ4v) is 4.36. The number of nitrogens with one attached hydrogen (secondary N) is 2. The molecule has 4 nitrogen and oxygen atoms in total. The number of rotatable bonds is 5. The molecule has 0 saturated carbocycles. The van der Waals surface area contributed by atoms with Gasteiger partial charge in [0, 0.05) is 6.54 Å². The molecule has 2 N–H and O–H groups in total. The molecule has 1 unspecified atom stereocenters. The summed E-state index contributed by atoms with van der Waals surface area (Å²) in [6.07, 6.45) is 3.09. The summed E-state index contributed by atoms with van der Waals surface area (Å²) in [6, 6.07) is 2.54. The van der Waals surface area contributed by atoms with Crippen LogP contribution in [0.5, 0.6) is 0 Å². The van der Waals surface area contributed by atoms with Crippen LogP contribution in [-0.2, 0) is 10.0 Å². The fourth-order valence-electron chi connectivity index (χ4n) is 2.56. The van der Waals surface area contributed by atoms with Gasteiger partial charge in [-0.2, -0.15) is 0 Å². The number of aryl methyl sites for hydroxylation is 1. The van der Waals surface area contributed by atoms with E-state index >= 15 is 0 Å². The summed E-state index contributed by atoms with van der Waals surface area (Å²) < 4.78 is 40.7. The highest BCUT2D eigenvalue weighted by molar-refractivity contribution is 9.10. The molecule has 2 rings (SSSR count). The van der Waals surface area contributed by atoms with E-state index in [1.807, 2.05) is 0 Å². The number of piperidine rings is 1. The minimum atomic E-state index is -3.60. The van der Waals surface area contributed by atoms with Gasteiger partial charge >= 0.3 is 0 Å². The first-order valence-electron chi connectivity index (χ1n) is 7.06. The van der Waals surface area contributed by atoms with Crippen molar-refractivity contribution in [1.29, 1.82) is 0 Å². The van der Waals surface area contributed by atoms with Crippen molar-refractivity contribution >= 4 is 38.4 Å². The van der Waals surface area contributed by atoms with Gasteiger partial charge in [-0.05, 0) is 78.8 Å². The van der Waals surface area contributed by atoms with Crippen LogP contribution in [0.1, 0.15) is 24.8 Å². The Hall–Kier alpha value is -0.210. The van der Waals surface area contributed by atoms with Gasteiger partial charge in [0.1, 0.15) is 5.82 Å². The molecule has 1 heterocycles. The number of hydrogen-bond acceptors (Lipinski definition) is 3. The van der Waals surface area contributed by atoms with Crippen molar-refractivity contribution in [3.63, 3.8) is 0 Å². The molecule has 1 aliphatic heterocycles. The van der Waals surface area contributed by atoms with E-state index in [4.69, 9.17) is 0 Å². The van der Waals surface area contributed by atoms with Crippen LogP contribution in [0.4, 0.5) is 4.39 Å². The zero-order chi connectivity index (χ0) is 15.5. The lowest BCUT2D eigenvalue weighted by molar-refractivity contribution is 0.358. The van der Waals surface area contributed by atoms with Gasteiger partial charge in [0.25, 0.3) is 0 Å². The molecule has 0 radical (unpaired) electrons. The molecule has 0 spiro atoms. The third kappa shape index (κ3) is 5.16. The molecule has 8 heteroatoms. The first kappa shape index (κ1) is 19.8. The van der Waals surface area contributed by atoms with Crippen LogP contribution in [0.25, 0.3) is 0 Å². The maximum atomic E-state index is 13.4. The monoisotopic (exact) mass is 414 g/mol. The predicted octanol–water partition coefficient (Wildman–Crippen LogP) is 2.99. The Morgan fingerprint density at radius 3 is 2.82 bits per heavy atom. The largest absolute Gasteiger partial charge is 0.316 e. The van der Waals surface area contributed by atoms with Crippen molar-refractivity contribution in [2.24, 2.45) is 5.92 Å². The van der Waals surface area contributed by atoms with E-state index in [0.29, 0.717) is 18.0 Å². The van der Waals surface area contributed by atoms with Crippen molar-refractivity contribution in [1.82, 2.24) is 10.0 Å². The molecule has 126 valence electrons. The summed E-state index contributed by atoms with van der Waals surface area (Å²) in [5, 5.41) is 3.31. The average molecular weight is 416 g/mol. The van der Waals surface area contributed by atoms with Crippen molar-refractivity contribution in [2.45, 2.75) is 31.1 Å². The van der Waals surface area contributed by atoms with E-state index in [2.05, 4.69) is 26.0 Å². The Morgan fingerprint density at radius 1 is 1.45 bits per heavy atom. The lowest BCUT2D eigenvalue weighted by Gasteiger charge is -2.22. The Kier molecular flexibility index (Phi) is 7.74. The Bertz CT molecular complexity index is 607. The van der Waals surface area contributed by atoms with E-state index in [0.717, 1.165) is 32.4 Å². The van der Waals surface area contributed by atoms with Crippen molar-refractivity contribution < 1.29 is 12.8 Å². The summed E-state index contributed by atoms with van der Waals surface area (Å²) in [5.74, 6) is 0.0576. The van der Waals surface area contributed by atoms with Gasteiger partial charge in [0.05, 0.1) is 9.37 Å². The van der Waals surface area contributed by atoms with Gasteiger partial charge in [-0.3, -0.25) is 0 Å². The molecule has 0 aromatic heterocycles. The third-order valence-electron chi connectivity index (χ3n) is 3.75. The van der Waals surface area contributed by atoms with Crippen molar-refractivity contribution in [2.75, 3.05) is 19.6 Å². The second kappa shape index (κ2) is 8.59. The highest BCUT2D eigenvalue weighted by Crippen LogP contribution is 2.24. The fraction of sp³-hybridized carbons (Fsp3) is 0.571. The molecular weight excluding hydrogens is 395 g/mol. The van der Waals surface area contributed by atoms with Gasteiger partial charge in [0.15, 0.2) is 0 Å². The molecule has 1 aromatic carbocycles. The standard InChI is InChI=1S/C14H20BrFN2O2S.ClH/c1-10-7-13(16)12(15)8-14(10)21(19,20)18-6-4-11-3-2-5-17-9-11;/h7-8,11,17-18H,2-6,9H2,1H3;1H. The Labute approximate surface area is 145 Å². The quantitative estimate of drug-likeness (QED) is 0.777. The molecule has 22 heavy (non-hydrogen) atoms. The normalized spacial score (nSPS) is 18.8. The number of halogens is 3. The van der Waals surface area contributed by atoms with Crippen LogP contribution >= 0.6 is 28.3 Å². The van der Waals surface area contributed by atoms with Gasteiger partial charge < -0.3 is 5.32 Å². The number of hydrogen-bond donors (Lipinski definition) is 2. The van der Waals surface area contributed by atoms with Gasteiger partial charge in [-0.25, -0.2) is 17.5 Å². The molecule has 0 aliphatic carbocycles. The van der Waals surface area contributed by atoms with E-state index in [1.54, 1.807) is 6.92 Å². The van der Waals surface area contributed by atoms with Crippen LogP contribution in [0.15, 0.2) is 21.5 Å². The highest BCUT2D eigenvalue weighted by Gasteiger charge is 2.20. The summed E-state index contributed by atoms with van der Waals surface area (Å²) >= 11 is 3.03. The van der Waals surface area contributed by atoms with Gasteiger partial charge in [-0.15, -0.1) is 12.4 Å². The first-order valence-corrected chi connectivity index (χ1v) is 9.34. The van der Waals surface area contributed by atoms with Gasteiger partial charge in [-0.1, -0.05) is 0 Å². The van der Waals surface area contributed by atoms with E-state index in [9.17, 15) is 12.8 Å². The number of benzene rings is 1. The van der Waals surface area contributed by atoms with Crippen molar-refractivity contribution in [3.05, 3.63) is 28.0 Å². The van der Waals surface area contributed by atoms with Crippen LogP contribution in [0, 0.1) is 18.7 Å². The topological polar surface area (TPSA) is 58.2 Å². The van der Waals surface area contributed by atoms with Crippen LogP contribution < -0.4 is 10.0 Å². The average Bonchev–Trinajstić information content (AvgIpc) is 2.43. The Morgan fingerprint density at radius 2 is 2.18 bits per heavy atom. The highest BCUT2D eigenvalue weighted by atomic mass is 79.9. The third-order valence-corrected chi connectivity index (χ3v) is 5.96. The molecule has 0 amide bonds. The Balaban J connectivity index is 0.00000242. The smallest absolute Gasteiger partial charge is 0.240 e. The SMILES string of the molecule is Cc1cc(F)c(Br)cc1S(=O)(=O)NCCC1CCCNC1.Cl. The molecule has 1 atom stereocenters. The number of sulfonamides is 1. The second-order valence-corrected chi connectivity index (χ2v) is 8.02. The summed E-state index contributed by atoms with van der Waals surface area (Å²) in [7, 11) is -3.60. The van der Waals surface area contributed by atoms with Crippen LogP contribution in [0.3, 0.4) is 0 Å². The first-order chi connectivity index (χ1) is 9.90. The van der Waals surface area contributed by atoms with Crippen LogP contribution in [0.2, 0.25) is 0 Å². The van der Waals surface area contributed by atoms with Gasteiger partial charge in [0.2, 0.25) is 10.0 Å². The van der Waals surface area contributed by atoms with Crippen LogP contribution in [-0.4, -0.2) is 28.1 Å². The molecule has 1 aliphatic rings. The summed E-state index contributed by atoms with van der Waals surface area (Å²) in [5.41, 5.74) is 0.405. The second-order valence-electron chi connectivity index (χ2n) is 5.43. The van der Waals surface area contributed by atoms with E-state index < -0.39 is 15.8 Å². The zero-order valence-electron chi connectivity index (χ0n) is 12.4. The van der Waals surface area contributed by atoms with E-state index in [-0.39, 0.29) is 21.8 Å². The maximum Gasteiger partial charge on any atom is 0.240 e. The predicted molar refractivity (Wildman–Crippen MR) is 91.5 cm³/mol. The lowest BCUT2D eigenvalue weighted by Crippen LogP contribution is -2.33. The molecule has 1 aromatic rings. The molecule has 1 saturated heterocycles. The minimum absolute atomic E-state index is 0. The maximum absolute atomic E-state index is 13.4.